The van der Waals surface area contributed by atoms with Crippen molar-refractivity contribution in [1.82, 2.24) is 4.98 Å². The number of nitrogens with zero attached hydrogens (tertiary/aromatic N) is 2. The molecule has 2 aromatic rings. The summed E-state index contributed by atoms with van der Waals surface area (Å²) in [5, 5.41) is 0.943. The van der Waals surface area contributed by atoms with Crippen LogP contribution >= 0.6 is 11.8 Å². The van der Waals surface area contributed by atoms with Gasteiger partial charge < -0.3 is 4.42 Å². The average molecular weight is 220 g/mol. The molecule has 1 aromatic heterocycles. The summed E-state index contributed by atoms with van der Waals surface area (Å²) >= 11 is 1.58. The van der Waals surface area contributed by atoms with E-state index in [4.69, 9.17) is 4.42 Å². The maximum atomic E-state index is 5.48. The Kier molecular flexibility index (Phi) is 2.77. The third kappa shape index (κ3) is 2.21. The zero-order valence-electron chi connectivity index (χ0n) is 8.94. The number of hydrogen-bond donors (Lipinski definition) is 0. The molecule has 0 saturated heterocycles. The molecule has 1 aromatic carbocycles. The normalized spacial score (nSPS) is 12.3. The molecule has 0 amide bonds. The van der Waals surface area contributed by atoms with Gasteiger partial charge in [-0.2, -0.15) is 9.98 Å². The Morgan fingerprint density at radius 3 is 3.00 bits per heavy atom. The van der Waals surface area contributed by atoms with E-state index in [0.29, 0.717) is 6.01 Å². The molecular formula is C11H12N2OS. The summed E-state index contributed by atoms with van der Waals surface area (Å²) in [6.07, 6.45) is 1.98. The Balaban J connectivity index is 2.47. The van der Waals surface area contributed by atoms with Gasteiger partial charge in [-0.15, -0.1) is 11.8 Å². The van der Waals surface area contributed by atoms with E-state index in [9.17, 15) is 0 Å². The highest BCUT2D eigenvalue weighted by Gasteiger charge is 2.04. The first-order valence-corrected chi connectivity index (χ1v) is 5.88. The first-order valence-electron chi connectivity index (χ1n) is 4.65. The largest absolute Gasteiger partial charge is 0.422 e. The second kappa shape index (κ2) is 4.06. The molecule has 2 rings (SSSR count). The molecule has 0 fully saturated rings. The fraction of sp³-hybridized carbons (Fsp3) is 0.273. The van der Waals surface area contributed by atoms with E-state index < -0.39 is 0 Å². The van der Waals surface area contributed by atoms with E-state index in [1.54, 1.807) is 11.8 Å². The summed E-state index contributed by atoms with van der Waals surface area (Å²) in [5.74, 6) is 0. The van der Waals surface area contributed by atoms with Gasteiger partial charge in [-0.25, -0.2) is 0 Å². The summed E-state index contributed by atoms with van der Waals surface area (Å²) in [4.78, 5) is 8.54. The van der Waals surface area contributed by atoms with Crippen LogP contribution in [0, 0.1) is 6.92 Å². The van der Waals surface area contributed by atoms with Gasteiger partial charge in [0.15, 0.2) is 5.58 Å². The number of aromatic nitrogens is 1. The maximum absolute atomic E-state index is 5.48. The number of aryl methyl sites for hydroxylation is 1. The lowest BCUT2D eigenvalue weighted by Crippen LogP contribution is -1.78. The molecule has 0 bridgehead atoms. The molecule has 0 aliphatic rings. The number of oxazole rings is 1. The van der Waals surface area contributed by atoms with Crippen LogP contribution < -0.4 is 0 Å². The van der Waals surface area contributed by atoms with Crippen LogP contribution in [-0.2, 0) is 0 Å². The number of aliphatic imine (C=N–C) groups is 1. The molecule has 0 aliphatic heterocycles. The van der Waals surface area contributed by atoms with Crippen LogP contribution in [0.1, 0.15) is 12.5 Å². The summed E-state index contributed by atoms with van der Waals surface area (Å²) < 4.78 is 5.48. The molecule has 0 aliphatic carbocycles. The minimum atomic E-state index is 0.433. The molecule has 4 heteroatoms. The quantitative estimate of drug-likeness (QED) is 0.545. The van der Waals surface area contributed by atoms with Gasteiger partial charge in [-0.1, -0.05) is 6.07 Å². The topological polar surface area (TPSA) is 38.4 Å². The van der Waals surface area contributed by atoms with Crippen LogP contribution in [0.4, 0.5) is 6.01 Å². The zero-order valence-corrected chi connectivity index (χ0v) is 9.76. The Morgan fingerprint density at radius 1 is 1.47 bits per heavy atom. The molecule has 0 radical (unpaired) electrons. The van der Waals surface area contributed by atoms with Gasteiger partial charge in [0.05, 0.1) is 5.04 Å². The monoisotopic (exact) mass is 220 g/mol. The van der Waals surface area contributed by atoms with Crippen molar-refractivity contribution in [3.63, 3.8) is 0 Å². The minimum Gasteiger partial charge on any atom is -0.422 e. The van der Waals surface area contributed by atoms with Crippen molar-refractivity contribution in [3.8, 4) is 0 Å². The van der Waals surface area contributed by atoms with Gasteiger partial charge >= 0.3 is 6.01 Å². The van der Waals surface area contributed by atoms with Crippen LogP contribution in [-0.4, -0.2) is 16.3 Å². The zero-order chi connectivity index (χ0) is 10.8. The summed E-state index contributed by atoms with van der Waals surface area (Å²) in [6, 6.07) is 6.35. The molecule has 0 N–H and O–H groups in total. The molecule has 0 spiro atoms. The first-order chi connectivity index (χ1) is 7.19. The summed E-state index contributed by atoms with van der Waals surface area (Å²) in [5.41, 5.74) is 2.82. The number of fused-ring (bicyclic) bond motifs is 1. The summed E-state index contributed by atoms with van der Waals surface area (Å²) in [7, 11) is 0. The number of rotatable bonds is 1. The van der Waals surface area contributed by atoms with Gasteiger partial charge in [0.1, 0.15) is 5.52 Å². The van der Waals surface area contributed by atoms with Crippen molar-refractivity contribution >= 4 is 33.9 Å². The highest BCUT2D eigenvalue weighted by Crippen LogP contribution is 2.22. The van der Waals surface area contributed by atoms with Crippen molar-refractivity contribution in [2.24, 2.45) is 4.99 Å². The number of hydrogen-bond acceptors (Lipinski definition) is 4. The Hall–Kier alpha value is -1.29. The predicted octanol–water partition coefficient (Wildman–Crippen LogP) is 3.55. The fourth-order valence-electron chi connectivity index (χ4n) is 1.25. The standard InChI is InChI=1S/C11H12N2OS/c1-7-4-5-10-9(6-7)13-11(14-10)12-8(2)15-3/h4-6H,1-3H3. The molecular weight excluding hydrogens is 208 g/mol. The minimum absolute atomic E-state index is 0.433. The van der Waals surface area contributed by atoms with Gasteiger partial charge in [-0.05, 0) is 37.8 Å². The number of benzene rings is 1. The van der Waals surface area contributed by atoms with Crippen molar-refractivity contribution in [2.45, 2.75) is 13.8 Å². The van der Waals surface area contributed by atoms with E-state index in [1.165, 1.54) is 5.56 Å². The Morgan fingerprint density at radius 2 is 2.27 bits per heavy atom. The van der Waals surface area contributed by atoms with Gasteiger partial charge in [-0.3, -0.25) is 0 Å². The second-order valence-corrected chi connectivity index (χ2v) is 4.30. The van der Waals surface area contributed by atoms with E-state index in [-0.39, 0.29) is 0 Å². The smallest absolute Gasteiger partial charge is 0.323 e. The lowest BCUT2D eigenvalue weighted by Gasteiger charge is -1.88. The van der Waals surface area contributed by atoms with E-state index in [0.717, 1.165) is 16.1 Å². The molecule has 78 valence electrons. The van der Waals surface area contributed by atoms with E-state index in [2.05, 4.69) is 9.98 Å². The van der Waals surface area contributed by atoms with Crippen LogP contribution in [0.15, 0.2) is 27.6 Å². The molecule has 0 unspecified atom stereocenters. The van der Waals surface area contributed by atoms with Crippen LogP contribution in [0.25, 0.3) is 11.1 Å². The molecule has 0 atom stereocenters. The first kappa shape index (κ1) is 10.2. The van der Waals surface area contributed by atoms with E-state index >= 15 is 0 Å². The van der Waals surface area contributed by atoms with E-state index in [1.807, 2.05) is 38.3 Å². The lowest BCUT2D eigenvalue weighted by atomic mass is 10.2. The molecule has 0 saturated carbocycles. The van der Waals surface area contributed by atoms with Crippen molar-refractivity contribution in [3.05, 3.63) is 23.8 Å². The predicted molar refractivity (Wildman–Crippen MR) is 65.0 cm³/mol. The highest BCUT2D eigenvalue weighted by molar-refractivity contribution is 8.13. The van der Waals surface area contributed by atoms with Crippen molar-refractivity contribution in [2.75, 3.05) is 6.26 Å². The van der Waals surface area contributed by atoms with Crippen LogP contribution in [0.3, 0.4) is 0 Å². The lowest BCUT2D eigenvalue weighted by molar-refractivity contribution is 0.614. The second-order valence-electron chi connectivity index (χ2n) is 3.30. The third-order valence-corrected chi connectivity index (χ3v) is 2.76. The van der Waals surface area contributed by atoms with Gasteiger partial charge in [0.25, 0.3) is 0 Å². The number of thioether (sulfide) groups is 1. The molecule has 3 nitrogen and oxygen atoms in total. The Bertz CT molecular complexity index is 516. The SMILES string of the molecule is CSC(C)=Nc1nc2cc(C)ccc2o1. The summed E-state index contributed by atoms with van der Waals surface area (Å²) in [6.45, 7) is 3.97. The van der Waals surface area contributed by atoms with Crippen molar-refractivity contribution < 1.29 is 4.42 Å². The van der Waals surface area contributed by atoms with Crippen LogP contribution in [0.5, 0.6) is 0 Å². The molecule has 15 heavy (non-hydrogen) atoms. The van der Waals surface area contributed by atoms with Crippen molar-refractivity contribution in [1.29, 1.82) is 0 Å². The average Bonchev–Trinajstić information content (AvgIpc) is 2.59. The molecule has 1 heterocycles. The van der Waals surface area contributed by atoms with Gasteiger partial charge in [0, 0.05) is 0 Å². The fourth-order valence-corrected chi connectivity index (χ4v) is 1.42. The van der Waals surface area contributed by atoms with Crippen LogP contribution in [0.2, 0.25) is 0 Å². The van der Waals surface area contributed by atoms with Gasteiger partial charge in [0.2, 0.25) is 0 Å². The third-order valence-electron chi connectivity index (χ3n) is 2.08. The maximum Gasteiger partial charge on any atom is 0.323 e. The Labute approximate surface area is 92.6 Å². The highest BCUT2D eigenvalue weighted by atomic mass is 32.2.